The van der Waals surface area contributed by atoms with Gasteiger partial charge in [-0.05, 0) is 49.3 Å². The van der Waals surface area contributed by atoms with Crippen LogP contribution in [0, 0.1) is 0 Å². The Kier molecular flexibility index (Phi) is 7.83. The number of carbonyl (C=O) groups is 2. The van der Waals surface area contributed by atoms with Crippen LogP contribution in [-0.4, -0.2) is 67.4 Å². The van der Waals surface area contributed by atoms with Gasteiger partial charge in [0.05, 0.1) is 19.1 Å². The maximum Gasteiger partial charge on any atom is 0.234 e. The summed E-state index contributed by atoms with van der Waals surface area (Å²) in [7, 11) is 0. The number of rotatable bonds is 8. The van der Waals surface area contributed by atoms with Crippen molar-refractivity contribution in [3.8, 4) is 0 Å². The summed E-state index contributed by atoms with van der Waals surface area (Å²) >= 11 is 0. The van der Waals surface area contributed by atoms with Gasteiger partial charge in [0.25, 0.3) is 0 Å². The number of carbonyl (C=O) groups excluding carboxylic acids is 2. The first kappa shape index (κ1) is 21.5. The lowest BCUT2D eigenvalue weighted by atomic mass is 9.89. The smallest absolute Gasteiger partial charge is 0.234 e. The number of piperazine rings is 1. The lowest BCUT2D eigenvalue weighted by Crippen LogP contribution is -2.51. The number of nitrogens with one attached hydrogen (secondary N) is 2. The number of fused-ring (bicyclic) bond motifs is 1. The molecule has 0 bridgehead atoms. The van der Waals surface area contributed by atoms with Crippen molar-refractivity contribution in [2.45, 2.75) is 38.6 Å². The summed E-state index contributed by atoms with van der Waals surface area (Å²) in [6, 6.07) is 6.68. The van der Waals surface area contributed by atoms with Gasteiger partial charge in [-0.15, -0.1) is 6.58 Å². The van der Waals surface area contributed by atoms with E-state index in [2.05, 4.69) is 52.1 Å². The fourth-order valence-corrected chi connectivity index (χ4v) is 4.15. The van der Waals surface area contributed by atoms with Crippen molar-refractivity contribution in [2.24, 2.45) is 0 Å². The molecule has 1 heterocycles. The van der Waals surface area contributed by atoms with Crippen molar-refractivity contribution in [1.82, 2.24) is 20.4 Å². The Balaban J connectivity index is 1.41. The lowest BCUT2D eigenvalue weighted by molar-refractivity contribution is -0.125. The minimum atomic E-state index is 0.0181. The summed E-state index contributed by atoms with van der Waals surface area (Å²) in [5, 5.41) is 5.95. The van der Waals surface area contributed by atoms with E-state index < -0.39 is 0 Å². The van der Waals surface area contributed by atoms with Gasteiger partial charge in [-0.1, -0.05) is 24.3 Å². The molecule has 3 rings (SSSR count). The Morgan fingerprint density at radius 2 is 1.66 bits per heavy atom. The van der Waals surface area contributed by atoms with Crippen molar-refractivity contribution in [1.29, 1.82) is 0 Å². The van der Waals surface area contributed by atoms with E-state index in [-0.39, 0.29) is 17.9 Å². The summed E-state index contributed by atoms with van der Waals surface area (Å²) < 4.78 is 0. The summed E-state index contributed by atoms with van der Waals surface area (Å²) in [5.74, 6) is 0.0855. The molecule has 2 aliphatic rings. The van der Waals surface area contributed by atoms with E-state index in [1.165, 1.54) is 36.0 Å². The second-order valence-electron chi connectivity index (χ2n) is 8.17. The van der Waals surface area contributed by atoms with E-state index >= 15 is 0 Å². The molecule has 6 nitrogen and oxygen atoms in total. The molecule has 1 aromatic rings. The topological polar surface area (TPSA) is 64.7 Å². The fourth-order valence-electron chi connectivity index (χ4n) is 4.15. The number of benzene rings is 1. The Morgan fingerprint density at radius 1 is 1.03 bits per heavy atom. The van der Waals surface area contributed by atoms with Crippen LogP contribution in [0.1, 0.15) is 42.5 Å². The van der Waals surface area contributed by atoms with Crippen molar-refractivity contribution in [3.63, 3.8) is 0 Å². The molecule has 6 heteroatoms. The third-order valence-electron chi connectivity index (χ3n) is 5.89. The highest BCUT2D eigenvalue weighted by atomic mass is 16.2. The molecule has 29 heavy (non-hydrogen) atoms. The zero-order valence-electron chi connectivity index (χ0n) is 17.6. The summed E-state index contributed by atoms with van der Waals surface area (Å²) in [6.45, 7) is 10.2. The van der Waals surface area contributed by atoms with Crippen molar-refractivity contribution >= 4 is 11.8 Å². The van der Waals surface area contributed by atoms with Crippen molar-refractivity contribution in [3.05, 3.63) is 47.5 Å². The van der Waals surface area contributed by atoms with E-state index in [0.717, 1.165) is 32.6 Å². The molecule has 1 aromatic carbocycles. The Bertz CT molecular complexity index is 726. The van der Waals surface area contributed by atoms with E-state index in [0.29, 0.717) is 19.6 Å². The molecule has 0 aromatic heterocycles. The van der Waals surface area contributed by atoms with Gasteiger partial charge in [0.1, 0.15) is 0 Å². The third kappa shape index (κ3) is 6.41. The molecule has 0 radical (unpaired) electrons. The van der Waals surface area contributed by atoms with Gasteiger partial charge < -0.3 is 10.6 Å². The third-order valence-corrected chi connectivity index (χ3v) is 5.89. The molecule has 1 saturated heterocycles. The van der Waals surface area contributed by atoms with E-state index in [1.54, 1.807) is 6.08 Å². The highest BCUT2D eigenvalue weighted by Gasteiger charge is 2.21. The van der Waals surface area contributed by atoms with Crippen LogP contribution in [0.2, 0.25) is 0 Å². The second kappa shape index (κ2) is 10.6. The predicted molar refractivity (Wildman–Crippen MR) is 116 cm³/mol. The zero-order valence-corrected chi connectivity index (χ0v) is 17.6. The molecular formula is C23H34N4O2. The minimum absolute atomic E-state index is 0.0181. The molecule has 1 atom stereocenters. The Labute approximate surface area is 174 Å². The standard InChI is InChI=1S/C23H34N4O2/c1-3-10-24-22(28)16-26-11-13-27(14-12-26)17-23(29)25-18(2)20-9-8-19-6-4-5-7-21(19)15-20/h3,8-9,15,18H,1,4-7,10-14,16-17H2,2H3,(H,24,28)(H,25,29)/t18-/m1/s1. The maximum atomic E-state index is 12.5. The fraction of sp³-hybridized carbons (Fsp3) is 0.565. The van der Waals surface area contributed by atoms with Crippen LogP contribution in [0.3, 0.4) is 0 Å². The number of hydrogen-bond donors (Lipinski definition) is 2. The average Bonchev–Trinajstić information content (AvgIpc) is 2.73. The van der Waals surface area contributed by atoms with Crippen molar-refractivity contribution < 1.29 is 9.59 Å². The molecule has 0 unspecified atom stereocenters. The highest BCUT2D eigenvalue weighted by Crippen LogP contribution is 2.24. The van der Waals surface area contributed by atoms with Gasteiger partial charge in [-0.25, -0.2) is 0 Å². The van der Waals surface area contributed by atoms with Crippen LogP contribution in [0.4, 0.5) is 0 Å². The number of amides is 2. The Hall–Kier alpha value is -2.18. The molecule has 0 saturated carbocycles. The Morgan fingerprint density at radius 3 is 2.31 bits per heavy atom. The predicted octanol–water partition coefficient (Wildman–Crippen LogP) is 1.66. The van der Waals surface area contributed by atoms with Crippen LogP contribution in [0.25, 0.3) is 0 Å². The second-order valence-corrected chi connectivity index (χ2v) is 8.17. The normalized spacial score (nSPS) is 18.5. The first-order valence-electron chi connectivity index (χ1n) is 10.8. The molecule has 1 fully saturated rings. The monoisotopic (exact) mass is 398 g/mol. The largest absolute Gasteiger partial charge is 0.352 e. The van der Waals surface area contributed by atoms with E-state index in [1.807, 2.05) is 0 Å². The quantitative estimate of drug-likeness (QED) is 0.654. The van der Waals surface area contributed by atoms with Gasteiger partial charge in [0, 0.05) is 32.7 Å². The highest BCUT2D eigenvalue weighted by molar-refractivity contribution is 5.79. The zero-order chi connectivity index (χ0) is 20.6. The molecule has 0 spiro atoms. The van der Waals surface area contributed by atoms with Gasteiger partial charge in [-0.3, -0.25) is 19.4 Å². The van der Waals surface area contributed by atoms with Gasteiger partial charge in [-0.2, -0.15) is 0 Å². The molecule has 2 N–H and O–H groups in total. The molecule has 158 valence electrons. The SMILES string of the molecule is C=CCNC(=O)CN1CCN(CC(=O)N[C@H](C)c2ccc3c(c2)CCCC3)CC1. The van der Waals surface area contributed by atoms with Crippen LogP contribution < -0.4 is 10.6 Å². The number of aryl methyl sites for hydroxylation is 2. The van der Waals surface area contributed by atoms with Gasteiger partial charge in [0.15, 0.2) is 0 Å². The minimum Gasteiger partial charge on any atom is -0.352 e. The average molecular weight is 399 g/mol. The lowest BCUT2D eigenvalue weighted by Gasteiger charge is -2.34. The van der Waals surface area contributed by atoms with Crippen molar-refractivity contribution in [2.75, 3.05) is 45.8 Å². The van der Waals surface area contributed by atoms with Gasteiger partial charge >= 0.3 is 0 Å². The number of hydrogen-bond acceptors (Lipinski definition) is 4. The maximum absolute atomic E-state index is 12.5. The molecule has 1 aliphatic carbocycles. The van der Waals surface area contributed by atoms with Crippen LogP contribution in [-0.2, 0) is 22.4 Å². The van der Waals surface area contributed by atoms with Crippen LogP contribution >= 0.6 is 0 Å². The summed E-state index contributed by atoms with van der Waals surface area (Å²) in [4.78, 5) is 28.6. The van der Waals surface area contributed by atoms with Crippen LogP contribution in [0.15, 0.2) is 30.9 Å². The van der Waals surface area contributed by atoms with Gasteiger partial charge in [0.2, 0.25) is 11.8 Å². The summed E-state index contributed by atoms with van der Waals surface area (Å²) in [5.41, 5.74) is 4.10. The number of nitrogens with zero attached hydrogens (tertiary/aromatic N) is 2. The first-order chi connectivity index (χ1) is 14.0. The molecule has 1 aliphatic heterocycles. The first-order valence-corrected chi connectivity index (χ1v) is 10.8. The van der Waals surface area contributed by atoms with E-state index in [4.69, 9.17) is 0 Å². The molecular weight excluding hydrogens is 364 g/mol. The summed E-state index contributed by atoms with van der Waals surface area (Å²) in [6.07, 6.45) is 6.56. The molecule has 2 amide bonds. The van der Waals surface area contributed by atoms with E-state index in [9.17, 15) is 9.59 Å². The van der Waals surface area contributed by atoms with Crippen LogP contribution in [0.5, 0.6) is 0 Å².